The number of carbonyl (C=O) groups is 1. The lowest BCUT2D eigenvalue weighted by Crippen LogP contribution is -2.13. The van der Waals surface area contributed by atoms with Gasteiger partial charge in [0.05, 0.1) is 19.3 Å². The van der Waals surface area contributed by atoms with Crippen molar-refractivity contribution in [1.29, 1.82) is 0 Å². The van der Waals surface area contributed by atoms with Gasteiger partial charge in [-0.25, -0.2) is 4.79 Å². The van der Waals surface area contributed by atoms with Crippen LogP contribution in [0.15, 0.2) is 22.7 Å². The molecule has 1 aliphatic heterocycles. The normalized spacial score (nSPS) is 17.1. The second-order valence-electron chi connectivity index (χ2n) is 3.65. The highest BCUT2D eigenvalue weighted by atomic mass is 32.2. The Morgan fingerprint density at radius 1 is 1.67 bits per heavy atom. The summed E-state index contributed by atoms with van der Waals surface area (Å²) < 4.78 is 13.7. The molecule has 1 aliphatic rings. The fraction of sp³-hybridized carbons (Fsp3) is 0.364. The fourth-order valence-electron chi connectivity index (χ4n) is 1.79. The summed E-state index contributed by atoms with van der Waals surface area (Å²) in [5.74, 6) is 0.251. The largest absolute Gasteiger partial charge is 0.493 e. The summed E-state index contributed by atoms with van der Waals surface area (Å²) >= 11 is 1.17. The zero-order valence-electron chi connectivity index (χ0n) is 9.70. The van der Waals surface area contributed by atoms with Gasteiger partial charge in [-0.05, 0) is 28.6 Å². The van der Waals surface area contributed by atoms with E-state index >= 15 is 0 Å². The molecule has 7 heteroatoms. The van der Waals surface area contributed by atoms with Gasteiger partial charge < -0.3 is 9.47 Å². The molecule has 94 valence electrons. The van der Waals surface area contributed by atoms with Gasteiger partial charge in [0.1, 0.15) is 5.75 Å². The zero-order chi connectivity index (χ0) is 13.0. The number of benzene rings is 1. The van der Waals surface area contributed by atoms with E-state index in [-0.39, 0.29) is 5.25 Å². The van der Waals surface area contributed by atoms with E-state index < -0.39 is 5.97 Å². The van der Waals surface area contributed by atoms with E-state index in [4.69, 9.17) is 10.3 Å². The molecule has 0 aromatic heterocycles. The van der Waals surface area contributed by atoms with Gasteiger partial charge in [0.2, 0.25) is 0 Å². The number of carbonyl (C=O) groups excluding carboxylic acids is 1. The number of methoxy groups -OCH3 is 1. The highest BCUT2D eigenvalue weighted by molar-refractivity contribution is 7.98. The smallest absolute Gasteiger partial charge is 0.337 e. The first-order valence-electron chi connectivity index (χ1n) is 5.31. The number of azide groups is 1. The van der Waals surface area contributed by atoms with Gasteiger partial charge in [0.25, 0.3) is 0 Å². The monoisotopic (exact) mass is 265 g/mol. The molecule has 1 heterocycles. The summed E-state index contributed by atoms with van der Waals surface area (Å²) in [7, 11) is 1.34. The second kappa shape index (κ2) is 5.66. The zero-order valence-corrected chi connectivity index (χ0v) is 10.5. The molecule has 0 bridgehead atoms. The van der Waals surface area contributed by atoms with Crippen LogP contribution in [-0.4, -0.2) is 19.7 Å². The molecule has 0 spiro atoms. The Balaban J connectivity index is 2.30. The van der Waals surface area contributed by atoms with Crippen LogP contribution in [0, 0.1) is 0 Å². The maximum atomic E-state index is 11.4. The first-order valence-corrected chi connectivity index (χ1v) is 6.15. The Labute approximate surface area is 108 Å². The van der Waals surface area contributed by atoms with Crippen LogP contribution in [0.5, 0.6) is 5.75 Å². The average Bonchev–Trinajstić information content (AvgIpc) is 2.43. The molecule has 0 aliphatic carbocycles. The number of fused-ring (bicyclic) bond motifs is 1. The van der Waals surface area contributed by atoms with E-state index in [0.717, 1.165) is 12.0 Å². The molecule has 0 saturated carbocycles. The second-order valence-corrected chi connectivity index (χ2v) is 4.59. The minimum absolute atomic E-state index is 0.0661. The molecule has 1 aromatic carbocycles. The molecule has 0 fully saturated rings. The number of hydrogen-bond donors (Lipinski definition) is 0. The molecule has 2 rings (SSSR count). The van der Waals surface area contributed by atoms with Gasteiger partial charge in [-0.3, -0.25) is 0 Å². The third kappa shape index (κ3) is 2.52. The molecule has 0 radical (unpaired) electrons. The van der Waals surface area contributed by atoms with Crippen molar-refractivity contribution in [2.75, 3.05) is 13.7 Å². The van der Waals surface area contributed by atoms with Crippen molar-refractivity contribution in [3.63, 3.8) is 0 Å². The van der Waals surface area contributed by atoms with E-state index in [0.29, 0.717) is 17.9 Å². The highest BCUT2D eigenvalue weighted by Crippen LogP contribution is 2.41. The molecular formula is C11H11N3O3S. The summed E-state index contributed by atoms with van der Waals surface area (Å²) in [5, 5.41) is 0.0661. The lowest BCUT2D eigenvalue weighted by molar-refractivity contribution is 0.0600. The number of esters is 1. The molecule has 0 saturated heterocycles. The Hall–Kier alpha value is -1.85. The Morgan fingerprint density at radius 3 is 3.22 bits per heavy atom. The van der Waals surface area contributed by atoms with E-state index in [9.17, 15) is 4.79 Å². The van der Waals surface area contributed by atoms with Crippen molar-refractivity contribution in [3.8, 4) is 5.75 Å². The van der Waals surface area contributed by atoms with Crippen LogP contribution in [0.25, 0.3) is 10.4 Å². The predicted molar refractivity (Wildman–Crippen MR) is 67.4 cm³/mol. The van der Waals surface area contributed by atoms with E-state index in [1.54, 1.807) is 12.1 Å². The summed E-state index contributed by atoms with van der Waals surface area (Å²) in [6.45, 7) is 0.538. The SMILES string of the molecule is COC(=O)c1ccc2c(c1)OCCC2SN=[N+]=[N-]. The van der Waals surface area contributed by atoms with E-state index in [1.807, 2.05) is 6.07 Å². The quantitative estimate of drug-likeness (QED) is 0.276. The fourth-order valence-corrected chi connectivity index (χ4v) is 2.45. The number of nitrogens with zero attached hydrogens (tertiary/aromatic N) is 3. The van der Waals surface area contributed by atoms with Crippen molar-refractivity contribution >= 4 is 17.9 Å². The maximum Gasteiger partial charge on any atom is 0.337 e. The van der Waals surface area contributed by atoms with Crippen molar-refractivity contribution in [1.82, 2.24) is 0 Å². The summed E-state index contributed by atoms with van der Waals surface area (Å²) in [6, 6.07) is 5.15. The van der Waals surface area contributed by atoms with Gasteiger partial charge in [0, 0.05) is 15.7 Å². The summed E-state index contributed by atoms with van der Waals surface area (Å²) in [5.41, 5.74) is 9.72. The molecular weight excluding hydrogens is 254 g/mol. The molecule has 1 atom stereocenters. The van der Waals surface area contributed by atoms with Crippen molar-refractivity contribution in [3.05, 3.63) is 39.8 Å². The maximum absolute atomic E-state index is 11.4. The molecule has 18 heavy (non-hydrogen) atoms. The first-order chi connectivity index (χ1) is 8.76. The van der Waals surface area contributed by atoms with Gasteiger partial charge in [0.15, 0.2) is 0 Å². The Morgan fingerprint density at radius 2 is 2.50 bits per heavy atom. The van der Waals surface area contributed by atoms with Gasteiger partial charge in [-0.2, -0.15) is 0 Å². The number of rotatable bonds is 3. The Kier molecular flexibility index (Phi) is 3.96. The van der Waals surface area contributed by atoms with Crippen LogP contribution in [0.3, 0.4) is 0 Å². The molecule has 6 nitrogen and oxygen atoms in total. The topological polar surface area (TPSA) is 84.3 Å². The van der Waals surface area contributed by atoms with Crippen LogP contribution in [-0.2, 0) is 4.74 Å². The van der Waals surface area contributed by atoms with Crippen LogP contribution >= 0.6 is 11.9 Å². The highest BCUT2D eigenvalue weighted by Gasteiger charge is 2.22. The number of hydrogen-bond acceptors (Lipinski definition) is 5. The number of ether oxygens (including phenoxy) is 2. The van der Waals surface area contributed by atoms with Crippen LogP contribution in [0.1, 0.15) is 27.6 Å². The minimum Gasteiger partial charge on any atom is -0.493 e. The average molecular weight is 265 g/mol. The van der Waals surface area contributed by atoms with Gasteiger partial charge in [-0.15, -0.1) is 0 Å². The Bertz CT molecular complexity index is 514. The minimum atomic E-state index is -0.397. The first kappa shape index (κ1) is 12.6. The summed E-state index contributed by atoms with van der Waals surface area (Å²) in [4.78, 5) is 14.1. The lowest BCUT2D eigenvalue weighted by atomic mass is 10.0. The van der Waals surface area contributed by atoms with Gasteiger partial charge >= 0.3 is 5.97 Å². The summed E-state index contributed by atoms with van der Waals surface area (Å²) in [6.07, 6.45) is 0.772. The van der Waals surface area contributed by atoms with Gasteiger partial charge in [-0.1, -0.05) is 18.0 Å². The van der Waals surface area contributed by atoms with Crippen LogP contribution in [0.2, 0.25) is 0 Å². The van der Waals surface area contributed by atoms with Crippen LogP contribution in [0.4, 0.5) is 0 Å². The van der Waals surface area contributed by atoms with E-state index in [2.05, 4.69) is 14.2 Å². The third-order valence-corrected chi connectivity index (χ3v) is 3.54. The van der Waals surface area contributed by atoms with Crippen molar-refractivity contribution < 1.29 is 14.3 Å². The van der Waals surface area contributed by atoms with Crippen molar-refractivity contribution in [2.45, 2.75) is 11.7 Å². The van der Waals surface area contributed by atoms with E-state index in [1.165, 1.54) is 19.1 Å². The molecule has 0 N–H and O–H groups in total. The predicted octanol–water partition coefficient (Wildman–Crippen LogP) is 3.26. The lowest BCUT2D eigenvalue weighted by Gasteiger charge is -2.24. The molecule has 1 aromatic rings. The van der Waals surface area contributed by atoms with Crippen molar-refractivity contribution in [2.24, 2.45) is 4.52 Å². The molecule has 1 unspecified atom stereocenters. The molecule has 0 amide bonds. The standard InChI is InChI=1S/C11H11N3O3S/c1-16-11(15)7-2-3-8-9(6-7)17-5-4-10(8)18-14-13-12/h2-3,6,10H,4-5H2,1H3. The third-order valence-electron chi connectivity index (χ3n) is 2.63. The van der Waals surface area contributed by atoms with Crippen LogP contribution < -0.4 is 4.74 Å².